The van der Waals surface area contributed by atoms with Crippen molar-refractivity contribution in [3.8, 4) is 0 Å². The van der Waals surface area contributed by atoms with Gasteiger partial charge in [0.2, 0.25) is 0 Å². The van der Waals surface area contributed by atoms with E-state index in [1.165, 1.54) is 23.5 Å². The second kappa shape index (κ2) is 6.75. The van der Waals surface area contributed by atoms with Gasteiger partial charge in [0.25, 0.3) is 5.91 Å². The number of amides is 1. The minimum Gasteiger partial charge on any atom is -0.298 e. The molecule has 0 aliphatic rings. The van der Waals surface area contributed by atoms with Crippen molar-refractivity contribution in [3.63, 3.8) is 0 Å². The Bertz CT molecular complexity index is 1280. The highest BCUT2D eigenvalue weighted by Gasteiger charge is 2.16. The van der Waals surface area contributed by atoms with Crippen molar-refractivity contribution in [1.29, 1.82) is 0 Å². The average Bonchev–Trinajstić information content (AvgIpc) is 3.11. The first-order chi connectivity index (χ1) is 13.0. The quantitative estimate of drug-likeness (QED) is 0.551. The zero-order valence-electron chi connectivity index (χ0n) is 14.5. The van der Waals surface area contributed by atoms with E-state index >= 15 is 0 Å². The summed E-state index contributed by atoms with van der Waals surface area (Å²) in [5.74, 6) is -0.394. The van der Waals surface area contributed by atoms with Gasteiger partial charge in [0.05, 0.1) is 20.9 Å². The Morgan fingerprint density at radius 1 is 1.07 bits per heavy atom. The summed E-state index contributed by atoms with van der Waals surface area (Å²) in [6, 6.07) is 18.0. The van der Waals surface area contributed by atoms with Crippen molar-refractivity contribution in [1.82, 2.24) is 4.98 Å². The molecule has 0 unspecified atom stereocenters. The Labute approximate surface area is 160 Å². The van der Waals surface area contributed by atoms with E-state index in [4.69, 9.17) is 0 Å². The molecular weight excluding hydrogens is 380 g/mol. The highest BCUT2D eigenvalue weighted by Crippen LogP contribution is 2.32. The molecule has 0 radical (unpaired) electrons. The molecule has 0 spiro atoms. The van der Waals surface area contributed by atoms with Crippen LogP contribution in [0.15, 0.2) is 65.6 Å². The number of fused-ring (bicyclic) bond motifs is 3. The maximum atomic E-state index is 12.6. The second-order valence-electron chi connectivity index (χ2n) is 6.04. The number of carbonyl (C=O) groups excluding carboxylic acids is 1. The highest BCUT2D eigenvalue weighted by molar-refractivity contribution is 7.91. The normalized spacial score (nSPS) is 11.7. The maximum Gasteiger partial charge on any atom is 0.257 e. The van der Waals surface area contributed by atoms with E-state index in [-0.39, 0.29) is 22.1 Å². The van der Waals surface area contributed by atoms with Crippen LogP contribution in [0.1, 0.15) is 17.3 Å². The molecule has 0 aliphatic carbocycles. The fourth-order valence-corrected chi connectivity index (χ4v) is 4.80. The van der Waals surface area contributed by atoms with Crippen molar-refractivity contribution < 1.29 is 13.2 Å². The molecule has 0 aliphatic heterocycles. The fraction of sp³-hybridized carbons (Fsp3) is 0.100. The third-order valence-corrected chi connectivity index (χ3v) is 7.09. The van der Waals surface area contributed by atoms with Crippen LogP contribution in [0.3, 0.4) is 0 Å². The smallest absolute Gasteiger partial charge is 0.257 e. The molecule has 27 heavy (non-hydrogen) atoms. The van der Waals surface area contributed by atoms with Crippen molar-refractivity contribution in [2.24, 2.45) is 0 Å². The van der Waals surface area contributed by atoms with Gasteiger partial charge in [-0.15, -0.1) is 0 Å². The molecule has 1 aromatic heterocycles. The largest absolute Gasteiger partial charge is 0.298 e. The molecule has 0 saturated heterocycles. The molecule has 7 heteroatoms. The number of benzene rings is 3. The summed E-state index contributed by atoms with van der Waals surface area (Å²) >= 11 is 1.40. The molecule has 1 amide bonds. The minimum atomic E-state index is -3.36. The topological polar surface area (TPSA) is 76.1 Å². The number of rotatable bonds is 4. The molecule has 4 rings (SSSR count). The van der Waals surface area contributed by atoms with Crippen LogP contribution in [-0.2, 0) is 9.84 Å². The van der Waals surface area contributed by atoms with Crippen LogP contribution < -0.4 is 5.32 Å². The number of nitrogens with zero attached hydrogens (tertiary/aromatic N) is 1. The van der Waals surface area contributed by atoms with Gasteiger partial charge in [-0.3, -0.25) is 10.1 Å². The number of thiazole rings is 1. The monoisotopic (exact) mass is 396 g/mol. The Kier molecular flexibility index (Phi) is 4.41. The molecule has 0 fully saturated rings. The summed E-state index contributed by atoms with van der Waals surface area (Å²) in [5.41, 5.74) is 1.10. The van der Waals surface area contributed by atoms with Crippen LogP contribution in [0.4, 0.5) is 5.13 Å². The predicted octanol–water partition coefficient (Wildman–Crippen LogP) is 4.50. The molecule has 4 aromatic rings. The van der Waals surface area contributed by atoms with E-state index in [2.05, 4.69) is 10.3 Å². The third-order valence-electron chi connectivity index (χ3n) is 4.34. The second-order valence-corrected chi connectivity index (χ2v) is 9.32. The van der Waals surface area contributed by atoms with E-state index in [0.717, 1.165) is 21.0 Å². The van der Waals surface area contributed by atoms with E-state index in [0.29, 0.717) is 5.13 Å². The Hall–Kier alpha value is -2.77. The van der Waals surface area contributed by atoms with Crippen LogP contribution in [0.25, 0.3) is 21.0 Å². The Morgan fingerprint density at radius 2 is 1.89 bits per heavy atom. The molecule has 0 saturated carbocycles. The van der Waals surface area contributed by atoms with Crippen molar-refractivity contribution in [2.45, 2.75) is 11.8 Å². The first kappa shape index (κ1) is 17.6. The van der Waals surface area contributed by atoms with Crippen LogP contribution >= 0.6 is 11.3 Å². The number of hydrogen-bond donors (Lipinski definition) is 1. The van der Waals surface area contributed by atoms with Gasteiger partial charge in [-0.25, -0.2) is 13.4 Å². The minimum absolute atomic E-state index is 0.0109. The van der Waals surface area contributed by atoms with E-state index in [1.807, 2.05) is 36.4 Å². The number of sulfone groups is 1. The fourth-order valence-electron chi connectivity index (χ4n) is 2.88. The van der Waals surface area contributed by atoms with E-state index in [1.54, 1.807) is 19.1 Å². The molecule has 1 N–H and O–H groups in total. The lowest BCUT2D eigenvalue weighted by atomic mass is 10.1. The van der Waals surface area contributed by atoms with Crippen molar-refractivity contribution in [3.05, 3.63) is 66.2 Å². The highest BCUT2D eigenvalue weighted by atomic mass is 32.2. The lowest BCUT2D eigenvalue weighted by Gasteiger charge is -2.05. The van der Waals surface area contributed by atoms with Gasteiger partial charge in [-0.05, 0) is 29.7 Å². The molecule has 3 aromatic carbocycles. The average molecular weight is 396 g/mol. The third kappa shape index (κ3) is 3.31. The predicted molar refractivity (Wildman–Crippen MR) is 109 cm³/mol. The van der Waals surface area contributed by atoms with E-state index < -0.39 is 9.84 Å². The summed E-state index contributed by atoms with van der Waals surface area (Å²) in [6.07, 6.45) is 0. The number of hydrogen-bond acceptors (Lipinski definition) is 5. The van der Waals surface area contributed by atoms with Gasteiger partial charge >= 0.3 is 0 Å². The Balaban J connectivity index is 1.67. The zero-order valence-corrected chi connectivity index (χ0v) is 16.1. The van der Waals surface area contributed by atoms with Gasteiger partial charge in [-0.2, -0.15) is 0 Å². The molecule has 0 atom stereocenters. The molecule has 136 valence electrons. The van der Waals surface area contributed by atoms with Gasteiger partial charge in [0.1, 0.15) is 0 Å². The standard InChI is InChI=1S/C20H16N2O3S2/c1-2-27(24,25)15-8-5-7-14(12-15)19(23)22-20-21-17-11-10-13-6-3-4-9-16(13)18(17)26-20/h3-12H,2H2,1H3,(H,21,22,23). The van der Waals surface area contributed by atoms with Crippen LogP contribution in [-0.4, -0.2) is 25.1 Å². The number of nitrogens with one attached hydrogen (secondary N) is 1. The van der Waals surface area contributed by atoms with Crippen molar-refractivity contribution >= 4 is 53.2 Å². The van der Waals surface area contributed by atoms with Crippen molar-refractivity contribution in [2.75, 3.05) is 11.1 Å². The summed E-state index contributed by atoms with van der Waals surface area (Å²) < 4.78 is 25.1. The molecular formula is C20H16N2O3S2. The van der Waals surface area contributed by atoms with Gasteiger partial charge in [0, 0.05) is 10.9 Å². The van der Waals surface area contributed by atoms with E-state index in [9.17, 15) is 13.2 Å². The van der Waals surface area contributed by atoms with Crippen LogP contribution in [0.2, 0.25) is 0 Å². The first-order valence-electron chi connectivity index (χ1n) is 8.40. The number of aromatic nitrogens is 1. The van der Waals surface area contributed by atoms with Gasteiger partial charge in [0.15, 0.2) is 15.0 Å². The summed E-state index contributed by atoms with van der Waals surface area (Å²) in [7, 11) is -3.36. The molecule has 0 bridgehead atoms. The van der Waals surface area contributed by atoms with Gasteiger partial charge in [-0.1, -0.05) is 54.7 Å². The zero-order chi connectivity index (χ0) is 19.0. The van der Waals surface area contributed by atoms with Crippen LogP contribution in [0, 0.1) is 0 Å². The SMILES string of the molecule is CCS(=O)(=O)c1cccc(C(=O)Nc2nc3ccc4ccccc4c3s2)c1. The summed E-state index contributed by atoms with van der Waals surface area (Å²) in [6.45, 7) is 1.58. The lowest BCUT2D eigenvalue weighted by Crippen LogP contribution is -2.13. The summed E-state index contributed by atoms with van der Waals surface area (Å²) in [5, 5.41) is 5.47. The van der Waals surface area contributed by atoms with Crippen LogP contribution in [0.5, 0.6) is 0 Å². The molecule has 1 heterocycles. The Morgan fingerprint density at radius 3 is 2.70 bits per heavy atom. The molecule has 5 nitrogen and oxygen atoms in total. The maximum absolute atomic E-state index is 12.6. The number of carbonyl (C=O) groups is 1. The lowest BCUT2D eigenvalue weighted by molar-refractivity contribution is 0.102. The number of anilines is 1. The first-order valence-corrected chi connectivity index (χ1v) is 10.9. The summed E-state index contributed by atoms with van der Waals surface area (Å²) in [4.78, 5) is 17.2. The van der Waals surface area contributed by atoms with Gasteiger partial charge < -0.3 is 0 Å².